The summed E-state index contributed by atoms with van der Waals surface area (Å²) in [4.78, 5) is 16.1. The minimum atomic E-state index is -3.64. The zero-order valence-corrected chi connectivity index (χ0v) is 15.5. The first-order valence-corrected chi connectivity index (χ1v) is 9.87. The predicted molar refractivity (Wildman–Crippen MR) is 92.5 cm³/mol. The number of carbonyl (C=O) groups excluding carboxylic acids is 1. The molecule has 0 aliphatic heterocycles. The van der Waals surface area contributed by atoms with Crippen LogP contribution >= 0.6 is 11.3 Å². The van der Waals surface area contributed by atoms with E-state index < -0.39 is 16.0 Å². The van der Waals surface area contributed by atoms with Gasteiger partial charge in [-0.25, -0.2) is 18.2 Å². The summed E-state index contributed by atoms with van der Waals surface area (Å²) in [6, 6.07) is 5.74. The van der Waals surface area contributed by atoms with Gasteiger partial charge in [0.15, 0.2) is 0 Å². The van der Waals surface area contributed by atoms with Crippen molar-refractivity contribution in [3.63, 3.8) is 0 Å². The monoisotopic (exact) mass is 368 g/mol. The first-order chi connectivity index (χ1) is 11.4. The highest BCUT2D eigenvalue weighted by Crippen LogP contribution is 2.19. The van der Waals surface area contributed by atoms with Crippen molar-refractivity contribution in [1.82, 2.24) is 9.29 Å². The molecule has 8 heteroatoms. The second kappa shape index (κ2) is 7.87. The number of thiazole rings is 1. The van der Waals surface area contributed by atoms with Crippen LogP contribution in [-0.4, -0.2) is 37.3 Å². The number of hydrogen-bond acceptors (Lipinski definition) is 6. The fraction of sp³-hybridized carbons (Fsp3) is 0.375. The van der Waals surface area contributed by atoms with Crippen LogP contribution in [0.1, 0.15) is 34.9 Å². The molecule has 2 rings (SSSR count). The molecule has 0 bridgehead atoms. The number of benzene rings is 1. The van der Waals surface area contributed by atoms with Crippen LogP contribution in [0.25, 0.3) is 0 Å². The molecule has 0 fully saturated rings. The number of carbonyl (C=O) groups is 1. The van der Waals surface area contributed by atoms with E-state index in [-0.39, 0.29) is 18.0 Å². The highest BCUT2D eigenvalue weighted by molar-refractivity contribution is 7.89. The fourth-order valence-electron chi connectivity index (χ4n) is 2.05. The molecule has 1 aromatic heterocycles. The van der Waals surface area contributed by atoms with E-state index >= 15 is 0 Å². The van der Waals surface area contributed by atoms with Gasteiger partial charge in [-0.05, 0) is 37.6 Å². The summed E-state index contributed by atoms with van der Waals surface area (Å²) < 4.78 is 31.3. The van der Waals surface area contributed by atoms with Gasteiger partial charge in [-0.15, -0.1) is 11.3 Å². The second-order valence-corrected chi connectivity index (χ2v) is 8.08. The van der Waals surface area contributed by atoms with E-state index in [1.54, 1.807) is 6.92 Å². The van der Waals surface area contributed by atoms with Crippen molar-refractivity contribution in [2.45, 2.75) is 31.7 Å². The Kier molecular flexibility index (Phi) is 6.09. The van der Waals surface area contributed by atoms with Crippen molar-refractivity contribution < 1.29 is 17.9 Å². The lowest BCUT2D eigenvalue weighted by molar-refractivity contribution is 0.0526. The number of esters is 1. The van der Waals surface area contributed by atoms with Crippen molar-refractivity contribution in [2.75, 3.05) is 13.7 Å². The molecular weight excluding hydrogens is 348 g/mol. The van der Waals surface area contributed by atoms with Gasteiger partial charge in [-0.1, -0.05) is 6.92 Å². The van der Waals surface area contributed by atoms with Crippen molar-refractivity contribution >= 4 is 27.3 Å². The molecule has 0 aliphatic carbocycles. The average Bonchev–Trinajstić information content (AvgIpc) is 3.02. The molecule has 0 aliphatic rings. The number of rotatable bonds is 7. The third kappa shape index (κ3) is 4.19. The summed E-state index contributed by atoms with van der Waals surface area (Å²) in [5, 5.41) is 2.85. The van der Waals surface area contributed by atoms with Gasteiger partial charge in [0, 0.05) is 12.4 Å². The Labute approximate surface area is 146 Å². The zero-order valence-electron chi connectivity index (χ0n) is 13.9. The van der Waals surface area contributed by atoms with Gasteiger partial charge in [0.25, 0.3) is 0 Å². The molecule has 0 spiro atoms. The van der Waals surface area contributed by atoms with E-state index in [0.29, 0.717) is 5.56 Å². The normalized spacial score (nSPS) is 11.7. The highest BCUT2D eigenvalue weighted by Gasteiger charge is 2.22. The van der Waals surface area contributed by atoms with E-state index in [2.05, 4.69) is 4.98 Å². The summed E-state index contributed by atoms with van der Waals surface area (Å²) in [5.41, 5.74) is 1.05. The van der Waals surface area contributed by atoms with Gasteiger partial charge >= 0.3 is 5.97 Å². The van der Waals surface area contributed by atoms with Crippen molar-refractivity contribution in [1.29, 1.82) is 0 Å². The number of aryl methyl sites for hydroxylation is 1. The molecule has 0 N–H and O–H groups in total. The van der Waals surface area contributed by atoms with Crippen molar-refractivity contribution in [3.8, 4) is 0 Å². The molecule has 0 amide bonds. The Hall–Kier alpha value is -1.77. The van der Waals surface area contributed by atoms with Crippen molar-refractivity contribution in [2.24, 2.45) is 0 Å². The zero-order chi connectivity index (χ0) is 17.7. The maximum absolute atomic E-state index is 12.6. The van der Waals surface area contributed by atoms with Gasteiger partial charge in [0.05, 0.1) is 34.3 Å². The summed E-state index contributed by atoms with van der Waals surface area (Å²) in [6.45, 7) is 4.20. The van der Waals surface area contributed by atoms with Gasteiger partial charge in [0.1, 0.15) is 0 Å². The first kappa shape index (κ1) is 18.6. The molecule has 0 radical (unpaired) electrons. The molecule has 0 atom stereocenters. The SMILES string of the molecule is CCOC(=O)c1ccc(S(=O)(=O)N(C)Cc2csc(CC)n2)cc1. The number of nitrogens with zero attached hydrogens (tertiary/aromatic N) is 2. The maximum atomic E-state index is 12.6. The van der Waals surface area contributed by atoms with Crippen molar-refractivity contribution in [3.05, 3.63) is 45.9 Å². The average molecular weight is 368 g/mol. The van der Waals surface area contributed by atoms with Crippen LogP contribution in [-0.2, 0) is 27.7 Å². The van der Waals surface area contributed by atoms with Gasteiger partial charge in [-0.2, -0.15) is 4.31 Å². The number of ether oxygens (including phenoxy) is 1. The lowest BCUT2D eigenvalue weighted by atomic mass is 10.2. The van der Waals surface area contributed by atoms with E-state index in [4.69, 9.17) is 4.74 Å². The topological polar surface area (TPSA) is 76.6 Å². The Morgan fingerprint density at radius 3 is 2.46 bits per heavy atom. The largest absolute Gasteiger partial charge is 0.462 e. The molecule has 1 aromatic carbocycles. The van der Waals surface area contributed by atoms with E-state index in [1.165, 1.54) is 47.0 Å². The third-order valence-corrected chi connectivity index (χ3v) is 6.22. The molecule has 0 saturated heterocycles. The first-order valence-electron chi connectivity index (χ1n) is 7.55. The number of sulfonamides is 1. The molecule has 130 valence electrons. The van der Waals surface area contributed by atoms with Gasteiger partial charge in [0.2, 0.25) is 10.0 Å². The Balaban J connectivity index is 2.15. The van der Waals surface area contributed by atoms with Gasteiger partial charge < -0.3 is 4.74 Å². The Bertz CT molecular complexity index is 798. The van der Waals surface area contributed by atoms with E-state index in [0.717, 1.165) is 17.1 Å². The molecule has 2 aromatic rings. The van der Waals surface area contributed by atoms with Gasteiger partial charge in [-0.3, -0.25) is 0 Å². The van der Waals surface area contributed by atoms with Crippen LogP contribution in [0, 0.1) is 0 Å². The van der Waals surface area contributed by atoms with Crippen LogP contribution in [0.4, 0.5) is 0 Å². The van der Waals surface area contributed by atoms with Crippen LogP contribution < -0.4 is 0 Å². The summed E-state index contributed by atoms with van der Waals surface area (Å²) in [5.74, 6) is -0.468. The number of hydrogen-bond donors (Lipinski definition) is 0. The summed E-state index contributed by atoms with van der Waals surface area (Å²) in [7, 11) is -2.13. The quantitative estimate of drug-likeness (QED) is 0.702. The molecule has 24 heavy (non-hydrogen) atoms. The molecule has 0 saturated carbocycles. The Morgan fingerprint density at radius 1 is 1.25 bits per heavy atom. The molecular formula is C16H20N2O4S2. The third-order valence-electron chi connectivity index (χ3n) is 3.36. The molecule has 0 unspecified atom stereocenters. The second-order valence-electron chi connectivity index (χ2n) is 5.09. The summed E-state index contributed by atoms with van der Waals surface area (Å²) in [6.07, 6.45) is 0.830. The van der Waals surface area contributed by atoms with E-state index in [1.807, 2.05) is 12.3 Å². The molecule has 6 nitrogen and oxygen atoms in total. The van der Waals surface area contributed by atoms with Crippen LogP contribution in [0.5, 0.6) is 0 Å². The smallest absolute Gasteiger partial charge is 0.338 e. The predicted octanol–water partition coefficient (Wildman–Crippen LogP) is 2.70. The van der Waals surface area contributed by atoms with Crippen LogP contribution in [0.15, 0.2) is 34.5 Å². The van der Waals surface area contributed by atoms with Crippen LogP contribution in [0.2, 0.25) is 0 Å². The van der Waals surface area contributed by atoms with Crippen LogP contribution in [0.3, 0.4) is 0 Å². The highest BCUT2D eigenvalue weighted by atomic mass is 32.2. The Morgan fingerprint density at radius 2 is 1.92 bits per heavy atom. The summed E-state index contributed by atoms with van der Waals surface area (Å²) >= 11 is 1.52. The fourth-order valence-corrected chi connectivity index (χ4v) is 3.93. The minimum Gasteiger partial charge on any atom is -0.462 e. The molecule has 1 heterocycles. The lowest BCUT2D eigenvalue weighted by Gasteiger charge is -2.16. The standard InChI is InChI=1S/C16H20N2O4S2/c1-4-15-17-13(11-23-15)10-18(3)24(20,21)14-8-6-12(7-9-14)16(19)22-5-2/h6-9,11H,4-5,10H2,1-3H3. The minimum absolute atomic E-state index is 0.129. The number of aromatic nitrogens is 1. The van der Waals surface area contributed by atoms with E-state index in [9.17, 15) is 13.2 Å². The lowest BCUT2D eigenvalue weighted by Crippen LogP contribution is -2.26. The maximum Gasteiger partial charge on any atom is 0.338 e.